The van der Waals surface area contributed by atoms with Crippen molar-refractivity contribution in [3.8, 4) is 5.69 Å². The smallest absolute Gasteiger partial charge is 0.257 e. The van der Waals surface area contributed by atoms with Crippen molar-refractivity contribution < 1.29 is 4.79 Å². The van der Waals surface area contributed by atoms with Crippen LogP contribution >= 0.6 is 11.6 Å². The molecule has 1 amide bonds. The molecule has 2 aromatic rings. The van der Waals surface area contributed by atoms with E-state index >= 15 is 0 Å². The van der Waals surface area contributed by atoms with Crippen molar-refractivity contribution in [3.63, 3.8) is 0 Å². The Kier molecular flexibility index (Phi) is 4.68. The molecule has 0 bridgehead atoms. The first kappa shape index (κ1) is 16.0. The van der Waals surface area contributed by atoms with Crippen LogP contribution in [-0.4, -0.2) is 47.3 Å². The molecule has 0 saturated carbocycles. The van der Waals surface area contributed by atoms with Crippen LogP contribution in [0.5, 0.6) is 0 Å². The number of nitrogens with one attached hydrogen (secondary N) is 1. The van der Waals surface area contributed by atoms with E-state index in [4.69, 9.17) is 11.6 Å². The minimum Gasteiger partial charge on any atom is -0.338 e. The zero-order valence-electron chi connectivity index (χ0n) is 13.4. The zero-order valence-corrected chi connectivity index (χ0v) is 14.2. The number of aromatic nitrogens is 2. The van der Waals surface area contributed by atoms with Crippen molar-refractivity contribution in [1.82, 2.24) is 20.0 Å². The fraction of sp³-hybridized carbons (Fsp3) is 0.412. The van der Waals surface area contributed by atoms with Gasteiger partial charge in [-0.2, -0.15) is 5.10 Å². The van der Waals surface area contributed by atoms with E-state index < -0.39 is 0 Å². The summed E-state index contributed by atoms with van der Waals surface area (Å²) < 4.78 is 1.73. The van der Waals surface area contributed by atoms with Crippen molar-refractivity contribution in [2.24, 2.45) is 5.92 Å². The highest BCUT2D eigenvalue weighted by Crippen LogP contribution is 2.24. The third-order valence-corrected chi connectivity index (χ3v) is 4.71. The number of halogens is 1. The molecule has 1 aliphatic rings. The second kappa shape index (κ2) is 6.72. The molecule has 1 aliphatic heterocycles. The maximum Gasteiger partial charge on any atom is 0.257 e. The molecule has 0 radical (unpaired) electrons. The summed E-state index contributed by atoms with van der Waals surface area (Å²) in [5, 5.41) is 8.17. The summed E-state index contributed by atoms with van der Waals surface area (Å²) >= 11 is 6.24. The Morgan fingerprint density at radius 3 is 2.96 bits per heavy atom. The first-order valence-electron chi connectivity index (χ1n) is 7.85. The van der Waals surface area contributed by atoms with Crippen LogP contribution in [0.4, 0.5) is 0 Å². The number of likely N-dealkylation sites (tertiary alicyclic amines) is 1. The van der Waals surface area contributed by atoms with Crippen LogP contribution < -0.4 is 5.32 Å². The van der Waals surface area contributed by atoms with E-state index in [2.05, 4.69) is 10.4 Å². The average Bonchev–Trinajstić information content (AvgIpc) is 3.15. The van der Waals surface area contributed by atoms with E-state index in [1.165, 1.54) is 0 Å². The zero-order chi connectivity index (χ0) is 16.4. The molecule has 6 heteroatoms. The summed E-state index contributed by atoms with van der Waals surface area (Å²) in [6.45, 7) is 4.46. The maximum absolute atomic E-state index is 12.8. The van der Waals surface area contributed by atoms with Gasteiger partial charge in [0, 0.05) is 13.1 Å². The second-order valence-corrected chi connectivity index (χ2v) is 6.38. The van der Waals surface area contributed by atoms with Gasteiger partial charge in [-0.25, -0.2) is 4.68 Å². The van der Waals surface area contributed by atoms with Crippen molar-refractivity contribution in [3.05, 3.63) is 46.7 Å². The van der Waals surface area contributed by atoms with Gasteiger partial charge in [-0.1, -0.05) is 23.7 Å². The van der Waals surface area contributed by atoms with Gasteiger partial charge in [0.15, 0.2) is 0 Å². The first-order chi connectivity index (χ1) is 11.1. The molecule has 1 aromatic heterocycles. The van der Waals surface area contributed by atoms with E-state index in [-0.39, 0.29) is 5.91 Å². The Morgan fingerprint density at radius 2 is 2.22 bits per heavy atom. The lowest BCUT2D eigenvalue weighted by atomic mass is 10.1. The van der Waals surface area contributed by atoms with E-state index in [0.29, 0.717) is 16.5 Å². The minimum absolute atomic E-state index is 0.0550. The number of hydrogen-bond acceptors (Lipinski definition) is 3. The van der Waals surface area contributed by atoms with Gasteiger partial charge < -0.3 is 10.2 Å². The van der Waals surface area contributed by atoms with Gasteiger partial charge in [-0.05, 0) is 45.0 Å². The third-order valence-electron chi connectivity index (χ3n) is 4.39. The fourth-order valence-corrected chi connectivity index (χ4v) is 3.34. The highest BCUT2D eigenvalue weighted by atomic mass is 35.5. The fourth-order valence-electron chi connectivity index (χ4n) is 3.13. The SMILES string of the molecule is CNCC1CCN(C(=O)c2cnn(-c3ccccc3Cl)c2C)C1. The quantitative estimate of drug-likeness (QED) is 0.936. The summed E-state index contributed by atoms with van der Waals surface area (Å²) in [6.07, 6.45) is 2.69. The summed E-state index contributed by atoms with van der Waals surface area (Å²) in [4.78, 5) is 14.7. The monoisotopic (exact) mass is 332 g/mol. The number of carbonyl (C=O) groups excluding carboxylic acids is 1. The highest BCUT2D eigenvalue weighted by Gasteiger charge is 2.28. The molecule has 1 aromatic carbocycles. The molecule has 23 heavy (non-hydrogen) atoms. The predicted octanol–water partition coefficient (Wildman–Crippen LogP) is 2.52. The Hall–Kier alpha value is -1.85. The molecule has 2 heterocycles. The van der Waals surface area contributed by atoms with Crippen molar-refractivity contribution in [2.75, 3.05) is 26.7 Å². The molecule has 3 rings (SSSR count). The van der Waals surface area contributed by atoms with Crippen LogP contribution in [0.25, 0.3) is 5.69 Å². The summed E-state index contributed by atoms with van der Waals surface area (Å²) in [5.74, 6) is 0.585. The molecule has 0 aliphatic carbocycles. The van der Waals surface area contributed by atoms with Crippen LogP contribution in [0.2, 0.25) is 5.02 Å². The molecule has 122 valence electrons. The van der Waals surface area contributed by atoms with Crippen LogP contribution in [0.15, 0.2) is 30.5 Å². The van der Waals surface area contributed by atoms with Gasteiger partial charge in [-0.3, -0.25) is 4.79 Å². The molecular weight excluding hydrogens is 312 g/mol. The standard InChI is InChI=1S/C17H21ClN4O/c1-12-14(17(23)21-8-7-13(11-21)9-19-2)10-20-22(12)16-6-4-3-5-15(16)18/h3-6,10,13,19H,7-9,11H2,1-2H3. The average molecular weight is 333 g/mol. The second-order valence-electron chi connectivity index (χ2n) is 5.97. The number of carbonyl (C=O) groups is 1. The normalized spacial score (nSPS) is 17.7. The number of hydrogen-bond donors (Lipinski definition) is 1. The van der Waals surface area contributed by atoms with Gasteiger partial charge in [0.2, 0.25) is 0 Å². The maximum atomic E-state index is 12.8. The Balaban J connectivity index is 1.82. The largest absolute Gasteiger partial charge is 0.338 e. The number of amides is 1. The number of rotatable bonds is 4. The van der Waals surface area contributed by atoms with Gasteiger partial charge in [0.05, 0.1) is 28.2 Å². The van der Waals surface area contributed by atoms with Gasteiger partial charge >= 0.3 is 0 Å². The van der Waals surface area contributed by atoms with Crippen LogP contribution in [-0.2, 0) is 0 Å². The lowest BCUT2D eigenvalue weighted by Gasteiger charge is -2.16. The van der Waals surface area contributed by atoms with E-state index in [1.807, 2.05) is 43.1 Å². The van der Waals surface area contributed by atoms with Gasteiger partial charge in [0.25, 0.3) is 5.91 Å². The minimum atomic E-state index is 0.0550. The van der Waals surface area contributed by atoms with Crippen LogP contribution in [0.3, 0.4) is 0 Å². The topological polar surface area (TPSA) is 50.2 Å². The van der Waals surface area contributed by atoms with Crippen LogP contribution in [0.1, 0.15) is 22.5 Å². The van der Waals surface area contributed by atoms with Crippen molar-refractivity contribution in [1.29, 1.82) is 0 Å². The Bertz CT molecular complexity index is 712. The van der Waals surface area contributed by atoms with E-state index in [0.717, 1.165) is 37.4 Å². The molecule has 1 unspecified atom stereocenters. The van der Waals surface area contributed by atoms with Gasteiger partial charge in [0.1, 0.15) is 0 Å². The molecule has 1 fully saturated rings. The molecular formula is C17H21ClN4O. The molecule has 5 nitrogen and oxygen atoms in total. The van der Waals surface area contributed by atoms with E-state index in [1.54, 1.807) is 10.9 Å². The first-order valence-corrected chi connectivity index (χ1v) is 8.23. The number of nitrogens with zero attached hydrogens (tertiary/aromatic N) is 3. The number of para-hydroxylation sites is 1. The van der Waals surface area contributed by atoms with Crippen molar-refractivity contribution in [2.45, 2.75) is 13.3 Å². The molecule has 0 spiro atoms. The summed E-state index contributed by atoms with van der Waals surface area (Å²) in [7, 11) is 1.95. The molecule has 1 N–H and O–H groups in total. The molecule has 1 saturated heterocycles. The third kappa shape index (κ3) is 3.12. The van der Waals surface area contributed by atoms with Gasteiger partial charge in [-0.15, -0.1) is 0 Å². The summed E-state index contributed by atoms with van der Waals surface area (Å²) in [6, 6.07) is 7.51. The predicted molar refractivity (Wildman–Crippen MR) is 91.2 cm³/mol. The van der Waals surface area contributed by atoms with E-state index in [9.17, 15) is 4.79 Å². The highest BCUT2D eigenvalue weighted by molar-refractivity contribution is 6.32. The Morgan fingerprint density at radius 1 is 1.43 bits per heavy atom. The molecule has 1 atom stereocenters. The lowest BCUT2D eigenvalue weighted by Crippen LogP contribution is -2.30. The Labute approximate surface area is 141 Å². The number of benzene rings is 1. The lowest BCUT2D eigenvalue weighted by molar-refractivity contribution is 0.0786. The summed E-state index contributed by atoms with van der Waals surface area (Å²) in [5.41, 5.74) is 2.26. The van der Waals surface area contributed by atoms with Crippen molar-refractivity contribution >= 4 is 17.5 Å². The van der Waals surface area contributed by atoms with Crippen LogP contribution in [0, 0.1) is 12.8 Å².